The molecule has 3 heterocycles. The minimum atomic E-state index is -0.0658. The molecule has 2 N–H and O–H groups in total. The van der Waals surface area contributed by atoms with Gasteiger partial charge in [-0.25, -0.2) is 0 Å². The molecule has 1 aliphatic heterocycles. The second kappa shape index (κ2) is 6.33. The number of fused-ring (bicyclic) bond motifs is 2. The number of hydrogen-bond acceptors (Lipinski definition) is 7. The van der Waals surface area contributed by atoms with Gasteiger partial charge in [0, 0.05) is 31.7 Å². The van der Waals surface area contributed by atoms with Crippen LogP contribution in [0.15, 0.2) is 18.5 Å². The number of ether oxygens (including phenoxy) is 1. The Labute approximate surface area is 139 Å². The highest BCUT2D eigenvalue weighted by atomic mass is 16.5. The molecule has 128 valence electrons. The molecule has 0 spiro atoms. The van der Waals surface area contributed by atoms with Crippen LogP contribution >= 0.6 is 0 Å². The number of carbonyl (C=O) groups excluding carboxylic acids is 1. The summed E-state index contributed by atoms with van der Waals surface area (Å²) in [7, 11) is 1.81. The van der Waals surface area contributed by atoms with Crippen molar-refractivity contribution in [2.75, 3.05) is 20.2 Å². The number of carbonyl (C=O) groups is 1. The zero-order valence-corrected chi connectivity index (χ0v) is 13.6. The molecule has 2 aliphatic rings. The Bertz CT molecular complexity index is 733. The van der Waals surface area contributed by atoms with Crippen molar-refractivity contribution in [3.05, 3.63) is 18.5 Å². The molecule has 2 fully saturated rings. The number of aromatic nitrogens is 4. The SMILES string of the molecule is CN(CC1NNC2CCCC21)C(=O)COc1ccc2nncn2n1. The van der Waals surface area contributed by atoms with Crippen LogP contribution in [-0.2, 0) is 4.79 Å². The smallest absolute Gasteiger partial charge is 0.260 e. The van der Waals surface area contributed by atoms with E-state index >= 15 is 0 Å². The lowest BCUT2D eigenvalue weighted by atomic mass is 9.97. The van der Waals surface area contributed by atoms with E-state index in [1.165, 1.54) is 30.1 Å². The van der Waals surface area contributed by atoms with E-state index in [0.29, 0.717) is 36.1 Å². The summed E-state index contributed by atoms with van der Waals surface area (Å²) in [6, 6.07) is 4.29. The monoisotopic (exact) mass is 331 g/mol. The van der Waals surface area contributed by atoms with Crippen LogP contribution in [0.5, 0.6) is 5.88 Å². The fraction of sp³-hybridized carbons (Fsp3) is 0.600. The summed E-state index contributed by atoms with van der Waals surface area (Å²) in [5.74, 6) is 0.920. The van der Waals surface area contributed by atoms with Crippen LogP contribution in [0, 0.1) is 5.92 Å². The highest BCUT2D eigenvalue weighted by Crippen LogP contribution is 2.31. The Hall–Kier alpha value is -2.26. The maximum atomic E-state index is 12.3. The van der Waals surface area contributed by atoms with Crippen LogP contribution in [0.1, 0.15) is 19.3 Å². The highest BCUT2D eigenvalue weighted by molar-refractivity contribution is 5.77. The second-order valence-electron chi connectivity index (χ2n) is 6.46. The van der Waals surface area contributed by atoms with Gasteiger partial charge in [-0.15, -0.1) is 15.3 Å². The van der Waals surface area contributed by atoms with Gasteiger partial charge in [0.15, 0.2) is 12.3 Å². The van der Waals surface area contributed by atoms with E-state index in [-0.39, 0.29) is 12.5 Å². The first-order valence-electron chi connectivity index (χ1n) is 8.25. The predicted octanol–water partition coefficient (Wildman–Crippen LogP) is -0.393. The van der Waals surface area contributed by atoms with Gasteiger partial charge in [0.2, 0.25) is 5.88 Å². The molecule has 0 aromatic carbocycles. The van der Waals surface area contributed by atoms with Gasteiger partial charge in [-0.3, -0.25) is 15.6 Å². The third kappa shape index (κ3) is 2.92. The number of nitrogens with one attached hydrogen (secondary N) is 2. The van der Waals surface area contributed by atoms with E-state index in [1.807, 2.05) is 7.05 Å². The molecule has 3 atom stereocenters. The summed E-state index contributed by atoms with van der Waals surface area (Å²) in [4.78, 5) is 14.0. The summed E-state index contributed by atoms with van der Waals surface area (Å²) in [5, 5.41) is 11.8. The summed E-state index contributed by atoms with van der Waals surface area (Å²) in [6.07, 6.45) is 5.19. The highest BCUT2D eigenvalue weighted by Gasteiger charge is 2.39. The van der Waals surface area contributed by atoms with Crippen molar-refractivity contribution < 1.29 is 9.53 Å². The maximum absolute atomic E-state index is 12.3. The fourth-order valence-electron chi connectivity index (χ4n) is 3.58. The summed E-state index contributed by atoms with van der Waals surface area (Å²) in [5.41, 5.74) is 7.30. The van der Waals surface area contributed by atoms with E-state index < -0.39 is 0 Å². The number of hydrogen-bond donors (Lipinski definition) is 2. The van der Waals surface area contributed by atoms with Crippen LogP contribution in [0.2, 0.25) is 0 Å². The molecule has 9 nitrogen and oxygen atoms in total. The molecular formula is C15H21N7O2. The molecule has 24 heavy (non-hydrogen) atoms. The summed E-state index contributed by atoms with van der Waals surface area (Å²) >= 11 is 0. The first-order valence-corrected chi connectivity index (χ1v) is 8.25. The normalized spacial score (nSPS) is 25.8. The molecule has 4 rings (SSSR count). The minimum Gasteiger partial charge on any atom is -0.467 e. The average Bonchev–Trinajstić information content (AvgIpc) is 3.30. The van der Waals surface area contributed by atoms with Crippen molar-refractivity contribution in [1.82, 2.24) is 35.6 Å². The third-order valence-corrected chi connectivity index (χ3v) is 4.92. The standard InChI is InChI=1S/C15H21N7O2/c1-21(7-12-10-3-2-4-11(10)17-18-12)15(23)8-24-14-6-5-13-19-16-9-22(13)20-14/h5-6,9-12,17-18H,2-4,7-8H2,1H3. The Morgan fingerprint density at radius 3 is 3.25 bits per heavy atom. The molecule has 0 bridgehead atoms. The van der Waals surface area contributed by atoms with Gasteiger partial charge < -0.3 is 9.64 Å². The van der Waals surface area contributed by atoms with E-state index in [2.05, 4.69) is 26.1 Å². The van der Waals surface area contributed by atoms with Gasteiger partial charge in [-0.05, 0) is 24.8 Å². The van der Waals surface area contributed by atoms with Crippen molar-refractivity contribution >= 4 is 11.6 Å². The lowest BCUT2D eigenvalue weighted by molar-refractivity contribution is -0.132. The van der Waals surface area contributed by atoms with Crippen LogP contribution in [0.4, 0.5) is 0 Å². The number of rotatable bonds is 5. The summed E-state index contributed by atoms with van der Waals surface area (Å²) in [6.45, 7) is 0.639. The van der Waals surface area contributed by atoms with Gasteiger partial charge in [0.05, 0.1) is 0 Å². The molecule has 1 saturated carbocycles. The van der Waals surface area contributed by atoms with Crippen molar-refractivity contribution in [3.8, 4) is 5.88 Å². The second-order valence-corrected chi connectivity index (χ2v) is 6.46. The van der Waals surface area contributed by atoms with Crippen molar-refractivity contribution in [2.45, 2.75) is 31.3 Å². The minimum absolute atomic E-state index is 0.0363. The molecule has 1 amide bonds. The van der Waals surface area contributed by atoms with E-state index in [9.17, 15) is 4.79 Å². The number of amides is 1. The molecule has 3 unspecified atom stereocenters. The Morgan fingerprint density at radius 1 is 1.42 bits per heavy atom. The largest absolute Gasteiger partial charge is 0.467 e. The first-order chi connectivity index (χ1) is 11.7. The van der Waals surface area contributed by atoms with Gasteiger partial charge in [0.1, 0.15) is 6.33 Å². The summed E-state index contributed by atoms with van der Waals surface area (Å²) < 4.78 is 7.01. The van der Waals surface area contributed by atoms with Crippen LogP contribution in [-0.4, -0.2) is 62.9 Å². The molecule has 1 aliphatic carbocycles. The topological polar surface area (TPSA) is 96.7 Å². The molecule has 1 saturated heterocycles. The molecule has 9 heteroatoms. The van der Waals surface area contributed by atoms with Gasteiger partial charge in [-0.2, -0.15) is 4.52 Å². The van der Waals surface area contributed by atoms with Gasteiger partial charge >= 0.3 is 0 Å². The zero-order valence-electron chi connectivity index (χ0n) is 13.6. The van der Waals surface area contributed by atoms with Crippen molar-refractivity contribution in [2.24, 2.45) is 5.92 Å². The van der Waals surface area contributed by atoms with Crippen LogP contribution in [0.25, 0.3) is 5.65 Å². The van der Waals surface area contributed by atoms with E-state index in [4.69, 9.17) is 4.74 Å². The predicted molar refractivity (Wildman–Crippen MR) is 85.1 cm³/mol. The number of hydrazine groups is 1. The lowest BCUT2D eigenvalue weighted by Gasteiger charge is -2.24. The number of nitrogens with zero attached hydrogens (tertiary/aromatic N) is 5. The maximum Gasteiger partial charge on any atom is 0.260 e. The van der Waals surface area contributed by atoms with E-state index in [1.54, 1.807) is 17.0 Å². The Kier molecular flexibility index (Phi) is 4.03. The molecule has 0 radical (unpaired) electrons. The van der Waals surface area contributed by atoms with Crippen LogP contribution < -0.4 is 15.6 Å². The van der Waals surface area contributed by atoms with Crippen LogP contribution in [0.3, 0.4) is 0 Å². The average molecular weight is 331 g/mol. The third-order valence-electron chi connectivity index (χ3n) is 4.92. The molecular weight excluding hydrogens is 310 g/mol. The van der Waals surface area contributed by atoms with Crippen molar-refractivity contribution in [1.29, 1.82) is 0 Å². The Morgan fingerprint density at radius 2 is 2.33 bits per heavy atom. The lowest BCUT2D eigenvalue weighted by Crippen LogP contribution is -2.44. The molecule has 2 aromatic heterocycles. The van der Waals surface area contributed by atoms with Gasteiger partial charge in [-0.1, -0.05) is 6.42 Å². The Balaban J connectivity index is 1.30. The van der Waals surface area contributed by atoms with Gasteiger partial charge in [0.25, 0.3) is 5.91 Å². The first kappa shape index (κ1) is 15.3. The molecule has 2 aromatic rings. The fourth-order valence-corrected chi connectivity index (χ4v) is 3.58. The zero-order chi connectivity index (χ0) is 16.5. The van der Waals surface area contributed by atoms with Crippen molar-refractivity contribution in [3.63, 3.8) is 0 Å². The number of likely N-dealkylation sites (N-methyl/N-ethyl adjacent to an activating group) is 1. The quantitative estimate of drug-likeness (QED) is 0.770. The van der Waals surface area contributed by atoms with E-state index in [0.717, 1.165) is 0 Å².